The standard InChI is InChI=1S/C25H27N5O3S/c31-17-7-11-29(15-17)16-13-18-22(32)21(24(33)26-8-12-28-9-3-4-10-28)25-30(23(18)27-14-16)19-5-1-2-6-20(19)34-25/h1-2,5-6,13-14,17,31H,3-4,7-12,15H2,(H,26,33). The molecule has 6 rings (SSSR count). The largest absolute Gasteiger partial charge is 0.391 e. The Kier molecular flexibility index (Phi) is 5.47. The Bertz CT molecular complexity index is 1460. The third kappa shape index (κ3) is 3.64. The highest BCUT2D eigenvalue weighted by Gasteiger charge is 2.25. The zero-order chi connectivity index (χ0) is 23.2. The van der Waals surface area contributed by atoms with Gasteiger partial charge in [0.25, 0.3) is 5.91 Å². The van der Waals surface area contributed by atoms with Crippen LogP contribution < -0.4 is 15.6 Å². The van der Waals surface area contributed by atoms with Gasteiger partial charge in [-0.25, -0.2) is 4.98 Å². The first-order chi connectivity index (χ1) is 16.6. The monoisotopic (exact) mass is 477 g/mol. The number of hydrogen-bond acceptors (Lipinski definition) is 7. The van der Waals surface area contributed by atoms with E-state index in [4.69, 9.17) is 0 Å². The number of benzene rings is 1. The fourth-order valence-electron chi connectivity index (χ4n) is 5.16. The van der Waals surface area contributed by atoms with Crippen LogP contribution >= 0.6 is 11.3 Å². The second kappa shape index (κ2) is 8.65. The molecule has 0 saturated carbocycles. The molecule has 5 heterocycles. The number of aromatic nitrogens is 2. The van der Waals surface area contributed by atoms with Crippen LogP contribution in [0.1, 0.15) is 29.6 Å². The van der Waals surface area contributed by atoms with Gasteiger partial charge in [-0.2, -0.15) is 0 Å². The van der Waals surface area contributed by atoms with Gasteiger partial charge in [0, 0.05) is 26.2 Å². The summed E-state index contributed by atoms with van der Waals surface area (Å²) in [4.78, 5) is 36.8. The van der Waals surface area contributed by atoms with E-state index in [2.05, 4.69) is 15.2 Å². The lowest BCUT2D eigenvalue weighted by atomic mass is 10.1. The van der Waals surface area contributed by atoms with Crippen molar-refractivity contribution in [2.75, 3.05) is 44.2 Å². The molecule has 176 valence electrons. The zero-order valence-electron chi connectivity index (χ0n) is 18.9. The van der Waals surface area contributed by atoms with E-state index in [0.29, 0.717) is 41.9 Å². The van der Waals surface area contributed by atoms with Crippen LogP contribution in [0.2, 0.25) is 0 Å². The predicted molar refractivity (Wildman–Crippen MR) is 135 cm³/mol. The molecule has 0 bridgehead atoms. The van der Waals surface area contributed by atoms with Gasteiger partial charge in [-0.15, -0.1) is 11.3 Å². The summed E-state index contributed by atoms with van der Waals surface area (Å²) in [6.45, 7) is 4.66. The quantitative estimate of drug-likeness (QED) is 0.459. The van der Waals surface area contributed by atoms with E-state index in [1.54, 1.807) is 6.20 Å². The third-order valence-electron chi connectivity index (χ3n) is 6.93. The fourth-order valence-corrected chi connectivity index (χ4v) is 6.34. The number of amides is 1. The highest BCUT2D eigenvalue weighted by atomic mass is 32.1. The van der Waals surface area contributed by atoms with Crippen molar-refractivity contribution in [1.82, 2.24) is 19.6 Å². The van der Waals surface area contributed by atoms with E-state index in [1.165, 1.54) is 24.2 Å². The average molecular weight is 478 g/mol. The van der Waals surface area contributed by atoms with Crippen LogP contribution in [-0.2, 0) is 0 Å². The lowest BCUT2D eigenvalue weighted by molar-refractivity contribution is 0.0950. The van der Waals surface area contributed by atoms with Crippen molar-refractivity contribution in [2.45, 2.75) is 25.4 Å². The van der Waals surface area contributed by atoms with Crippen molar-refractivity contribution in [3.8, 4) is 0 Å². The van der Waals surface area contributed by atoms with E-state index >= 15 is 0 Å². The third-order valence-corrected chi connectivity index (χ3v) is 8.08. The fraction of sp³-hybridized carbons (Fsp3) is 0.400. The van der Waals surface area contributed by atoms with Gasteiger partial charge in [-0.05, 0) is 50.6 Å². The van der Waals surface area contributed by atoms with Gasteiger partial charge in [0.2, 0.25) is 5.43 Å². The van der Waals surface area contributed by atoms with Crippen molar-refractivity contribution < 1.29 is 9.90 Å². The van der Waals surface area contributed by atoms with Crippen molar-refractivity contribution >= 4 is 49.0 Å². The van der Waals surface area contributed by atoms with Gasteiger partial charge in [-0.1, -0.05) is 12.1 Å². The number of pyridine rings is 2. The smallest absolute Gasteiger partial charge is 0.258 e. The number of likely N-dealkylation sites (tertiary alicyclic amines) is 1. The summed E-state index contributed by atoms with van der Waals surface area (Å²) >= 11 is 1.44. The van der Waals surface area contributed by atoms with Crippen LogP contribution in [0.15, 0.2) is 41.3 Å². The summed E-state index contributed by atoms with van der Waals surface area (Å²) in [6.07, 6.45) is 4.47. The lowest BCUT2D eigenvalue weighted by Crippen LogP contribution is -2.35. The molecule has 1 atom stereocenters. The Balaban J connectivity index is 1.48. The Morgan fingerprint density at radius 3 is 2.82 bits per heavy atom. The van der Waals surface area contributed by atoms with Crippen molar-refractivity contribution in [3.63, 3.8) is 0 Å². The molecule has 2 aliphatic rings. The highest BCUT2D eigenvalue weighted by Crippen LogP contribution is 2.32. The minimum Gasteiger partial charge on any atom is -0.391 e. The van der Waals surface area contributed by atoms with Crippen LogP contribution in [0.3, 0.4) is 0 Å². The van der Waals surface area contributed by atoms with Crippen LogP contribution in [-0.4, -0.2) is 70.7 Å². The number of thiazole rings is 1. The number of fused-ring (bicyclic) bond motifs is 5. The molecular weight excluding hydrogens is 450 g/mol. The van der Waals surface area contributed by atoms with E-state index in [0.717, 1.165) is 35.5 Å². The van der Waals surface area contributed by atoms with E-state index in [-0.39, 0.29) is 23.0 Å². The molecule has 3 aromatic heterocycles. The lowest BCUT2D eigenvalue weighted by Gasteiger charge is -2.18. The number of carbonyl (C=O) groups is 1. The number of aliphatic hydroxyl groups excluding tert-OH is 1. The molecule has 9 heteroatoms. The van der Waals surface area contributed by atoms with Gasteiger partial charge in [0.1, 0.15) is 16.0 Å². The van der Waals surface area contributed by atoms with E-state index in [1.807, 2.05) is 39.6 Å². The Morgan fingerprint density at radius 1 is 1.21 bits per heavy atom. The average Bonchev–Trinajstić information content (AvgIpc) is 3.59. The minimum atomic E-state index is -0.378. The van der Waals surface area contributed by atoms with Crippen LogP contribution in [0.4, 0.5) is 5.69 Å². The number of nitrogens with one attached hydrogen (secondary N) is 1. The molecule has 1 amide bonds. The summed E-state index contributed by atoms with van der Waals surface area (Å²) in [6, 6.07) is 9.72. The van der Waals surface area contributed by atoms with Gasteiger partial charge < -0.3 is 20.2 Å². The second-order valence-electron chi connectivity index (χ2n) is 9.17. The Morgan fingerprint density at radius 2 is 2.03 bits per heavy atom. The molecule has 0 radical (unpaired) electrons. The summed E-state index contributed by atoms with van der Waals surface area (Å²) in [5.74, 6) is -0.336. The SMILES string of the molecule is O=C(NCCN1CCCC1)c1c(=O)c2cc(N3CCC(O)C3)cnc2n2c1sc1ccccc12. The second-order valence-corrected chi connectivity index (χ2v) is 10.2. The van der Waals surface area contributed by atoms with Crippen LogP contribution in [0, 0.1) is 0 Å². The first-order valence-electron chi connectivity index (χ1n) is 11.9. The molecule has 2 N–H and O–H groups in total. The van der Waals surface area contributed by atoms with E-state index < -0.39 is 0 Å². The number of anilines is 1. The molecule has 8 nitrogen and oxygen atoms in total. The normalized spacial score (nSPS) is 19.1. The Labute approximate surface area is 200 Å². The van der Waals surface area contributed by atoms with Crippen molar-refractivity contribution in [3.05, 3.63) is 52.3 Å². The molecule has 0 aliphatic carbocycles. The van der Waals surface area contributed by atoms with Gasteiger partial charge >= 0.3 is 0 Å². The first-order valence-corrected chi connectivity index (χ1v) is 12.7. The summed E-state index contributed by atoms with van der Waals surface area (Å²) in [5, 5.41) is 13.4. The number of β-amino-alcohol motifs (C(OH)–C–C–N with tert-alkyl or cyclic N) is 1. The zero-order valence-corrected chi connectivity index (χ0v) is 19.7. The molecule has 2 fully saturated rings. The van der Waals surface area contributed by atoms with Gasteiger partial charge in [0.05, 0.1) is 33.6 Å². The predicted octanol–water partition coefficient (Wildman–Crippen LogP) is 2.46. The summed E-state index contributed by atoms with van der Waals surface area (Å²) in [5.41, 5.74) is 2.15. The maximum atomic E-state index is 13.7. The molecule has 34 heavy (non-hydrogen) atoms. The number of nitrogens with zero attached hydrogens (tertiary/aromatic N) is 4. The minimum absolute atomic E-state index is 0.176. The summed E-state index contributed by atoms with van der Waals surface area (Å²) in [7, 11) is 0. The number of carbonyl (C=O) groups excluding carboxylic acids is 1. The number of para-hydroxylation sites is 1. The first kappa shape index (κ1) is 21.5. The molecule has 4 aromatic rings. The summed E-state index contributed by atoms with van der Waals surface area (Å²) < 4.78 is 2.93. The molecule has 2 saturated heterocycles. The number of rotatable bonds is 5. The molecular formula is C25H27N5O3S. The van der Waals surface area contributed by atoms with Crippen LogP contribution in [0.25, 0.3) is 26.1 Å². The number of aliphatic hydroxyl groups is 1. The van der Waals surface area contributed by atoms with Crippen LogP contribution in [0.5, 0.6) is 0 Å². The molecule has 2 aliphatic heterocycles. The molecule has 1 aromatic carbocycles. The highest BCUT2D eigenvalue weighted by molar-refractivity contribution is 7.24. The van der Waals surface area contributed by atoms with Gasteiger partial charge in [-0.3, -0.25) is 14.0 Å². The van der Waals surface area contributed by atoms with Gasteiger partial charge in [0.15, 0.2) is 0 Å². The van der Waals surface area contributed by atoms with Crippen molar-refractivity contribution in [1.29, 1.82) is 0 Å². The van der Waals surface area contributed by atoms with Crippen molar-refractivity contribution in [2.24, 2.45) is 0 Å². The molecule has 1 unspecified atom stereocenters. The topological polar surface area (TPSA) is 90.2 Å². The number of hydrogen-bond donors (Lipinski definition) is 2. The maximum absolute atomic E-state index is 13.7. The maximum Gasteiger partial charge on any atom is 0.258 e. The molecule has 0 spiro atoms. The van der Waals surface area contributed by atoms with E-state index in [9.17, 15) is 14.7 Å². The Hall–Kier alpha value is -3.01.